The second-order valence-corrected chi connectivity index (χ2v) is 5.79. The number of nitrogens with one attached hydrogen (secondary N) is 1. The molecule has 0 saturated carbocycles. The summed E-state index contributed by atoms with van der Waals surface area (Å²) in [6, 6.07) is 16.4. The summed E-state index contributed by atoms with van der Waals surface area (Å²) in [4.78, 5) is 11.9. The van der Waals surface area contributed by atoms with Crippen molar-refractivity contribution in [1.29, 1.82) is 0 Å². The summed E-state index contributed by atoms with van der Waals surface area (Å²) in [5, 5.41) is 3.00. The van der Waals surface area contributed by atoms with Gasteiger partial charge in [0.15, 0.2) is 0 Å². The van der Waals surface area contributed by atoms with Crippen molar-refractivity contribution in [3.63, 3.8) is 0 Å². The zero-order valence-corrected chi connectivity index (χ0v) is 14.0. The quantitative estimate of drug-likeness (QED) is 0.755. The van der Waals surface area contributed by atoms with Gasteiger partial charge in [-0.2, -0.15) is 0 Å². The molecule has 3 nitrogen and oxygen atoms in total. The van der Waals surface area contributed by atoms with E-state index in [4.69, 9.17) is 4.74 Å². The number of rotatable bonds is 8. The van der Waals surface area contributed by atoms with Crippen LogP contribution in [-0.2, 0) is 17.6 Å². The van der Waals surface area contributed by atoms with Gasteiger partial charge in [0.1, 0.15) is 5.75 Å². The molecular formula is C20H25NO2. The Kier molecular flexibility index (Phi) is 6.67. The Bertz CT molecular complexity index is 620. The molecule has 1 N–H and O–H groups in total. The van der Waals surface area contributed by atoms with Gasteiger partial charge in [-0.25, -0.2) is 0 Å². The van der Waals surface area contributed by atoms with Gasteiger partial charge >= 0.3 is 0 Å². The number of ether oxygens (including phenoxy) is 1. The molecule has 0 saturated heterocycles. The van der Waals surface area contributed by atoms with Crippen LogP contribution in [0.3, 0.4) is 0 Å². The fourth-order valence-corrected chi connectivity index (χ4v) is 2.53. The Morgan fingerprint density at radius 1 is 1.04 bits per heavy atom. The molecule has 1 amide bonds. The van der Waals surface area contributed by atoms with Crippen LogP contribution in [0.1, 0.15) is 29.5 Å². The molecule has 2 aromatic carbocycles. The lowest BCUT2D eigenvalue weighted by Gasteiger charge is -2.07. The monoisotopic (exact) mass is 311 g/mol. The molecule has 0 aliphatic rings. The molecule has 0 atom stereocenters. The van der Waals surface area contributed by atoms with Gasteiger partial charge in [0.05, 0.1) is 7.11 Å². The Morgan fingerprint density at radius 2 is 1.83 bits per heavy atom. The molecule has 122 valence electrons. The first kappa shape index (κ1) is 17.1. The number of carbonyl (C=O) groups is 1. The second-order valence-electron chi connectivity index (χ2n) is 5.79. The minimum absolute atomic E-state index is 0.116. The van der Waals surface area contributed by atoms with Crippen molar-refractivity contribution in [3.05, 3.63) is 65.2 Å². The molecule has 0 spiro atoms. The van der Waals surface area contributed by atoms with Crippen molar-refractivity contribution in [1.82, 2.24) is 5.32 Å². The van der Waals surface area contributed by atoms with E-state index in [-0.39, 0.29) is 5.91 Å². The maximum absolute atomic E-state index is 11.9. The van der Waals surface area contributed by atoms with E-state index in [1.807, 2.05) is 24.3 Å². The zero-order valence-electron chi connectivity index (χ0n) is 14.0. The molecule has 0 aromatic heterocycles. The summed E-state index contributed by atoms with van der Waals surface area (Å²) >= 11 is 0. The van der Waals surface area contributed by atoms with Crippen LogP contribution in [0.4, 0.5) is 0 Å². The van der Waals surface area contributed by atoms with Gasteiger partial charge < -0.3 is 10.1 Å². The molecule has 0 heterocycles. The van der Waals surface area contributed by atoms with E-state index in [0.717, 1.165) is 37.1 Å². The Labute approximate surface area is 138 Å². The SMILES string of the molecule is COc1ccc(CCC(=O)NCCCc2cccc(C)c2)cc1. The van der Waals surface area contributed by atoms with Gasteiger partial charge in [0.2, 0.25) is 5.91 Å². The van der Waals surface area contributed by atoms with Crippen LogP contribution in [0.15, 0.2) is 48.5 Å². The summed E-state index contributed by atoms with van der Waals surface area (Å²) < 4.78 is 5.12. The number of hydrogen-bond donors (Lipinski definition) is 1. The average Bonchev–Trinajstić information content (AvgIpc) is 2.57. The summed E-state index contributed by atoms with van der Waals surface area (Å²) in [6.45, 7) is 2.83. The molecule has 3 heteroatoms. The number of carbonyl (C=O) groups excluding carboxylic acids is 1. The third-order valence-electron chi connectivity index (χ3n) is 3.85. The zero-order chi connectivity index (χ0) is 16.5. The Morgan fingerprint density at radius 3 is 2.52 bits per heavy atom. The Hall–Kier alpha value is -2.29. The molecule has 23 heavy (non-hydrogen) atoms. The van der Waals surface area contributed by atoms with Crippen molar-refractivity contribution < 1.29 is 9.53 Å². The summed E-state index contributed by atoms with van der Waals surface area (Å²) in [7, 11) is 1.65. The largest absolute Gasteiger partial charge is 0.497 e. The van der Waals surface area contributed by atoms with Crippen molar-refractivity contribution in [3.8, 4) is 5.75 Å². The average molecular weight is 311 g/mol. The van der Waals surface area contributed by atoms with Gasteiger partial charge in [0.25, 0.3) is 0 Å². The first-order valence-corrected chi connectivity index (χ1v) is 8.12. The predicted molar refractivity (Wildman–Crippen MR) is 93.8 cm³/mol. The molecule has 0 aliphatic carbocycles. The molecule has 0 aliphatic heterocycles. The van der Waals surface area contributed by atoms with Crippen molar-refractivity contribution >= 4 is 5.91 Å². The minimum Gasteiger partial charge on any atom is -0.497 e. The molecule has 2 rings (SSSR count). The van der Waals surface area contributed by atoms with E-state index in [1.54, 1.807) is 7.11 Å². The van der Waals surface area contributed by atoms with Gasteiger partial charge in [-0.05, 0) is 49.4 Å². The summed E-state index contributed by atoms with van der Waals surface area (Å²) in [5.41, 5.74) is 3.77. The summed E-state index contributed by atoms with van der Waals surface area (Å²) in [5.74, 6) is 0.958. The highest BCUT2D eigenvalue weighted by molar-refractivity contribution is 5.76. The predicted octanol–water partition coefficient (Wildman–Crippen LogP) is 3.69. The van der Waals surface area contributed by atoms with Crippen molar-refractivity contribution in [2.45, 2.75) is 32.6 Å². The highest BCUT2D eigenvalue weighted by Crippen LogP contribution is 2.12. The van der Waals surface area contributed by atoms with Gasteiger partial charge in [0, 0.05) is 13.0 Å². The lowest BCUT2D eigenvalue weighted by molar-refractivity contribution is -0.121. The first-order valence-electron chi connectivity index (χ1n) is 8.12. The minimum atomic E-state index is 0.116. The van der Waals surface area contributed by atoms with E-state index in [9.17, 15) is 4.79 Å². The van der Waals surface area contributed by atoms with Crippen LogP contribution in [0.25, 0.3) is 0 Å². The topological polar surface area (TPSA) is 38.3 Å². The number of methoxy groups -OCH3 is 1. The number of hydrogen-bond acceptors (Lipinski definition) is 2. The lowest BCUT2D eigenvalue weighted by atomic mass is 10.1. The van der Waals surface area contributed by atoms with Crippen LogP contribution >= 0.6 is 0 Å². The number of benzene rings is 2. The van der Waals surface area contributed by atoms with Crippen LogP contribution in [0.5, 0.6) is 5.75 Å². The lowest BCUT2D eigenvalue weighted by Crippen LogP contribution is -2.24. The maximum Gasteiger partial charge on any atom is 0.220 e. The molecule has 0 fully saturated rings. The van der Waals surface area contributed by atoms with E-state index in [2.05, 4.69) is 36.5 Å². The van der Waals surface area contributed by atoms with Crippen LogP contribution in [0.2, 0.25) is 0 Å². The standard InChI is InChI=1S/C20H25NO2/c1-16-5-3-6-18(15-16)7-4-14-21-20(22)13-10-17-8-11-19(23-2)12-9-17/h3,5-6,8-9,11-12,15H,4,7,10,13-14H2,1-2H3,(H,21,22). The fraction of sp³-hybridized carbons (Fsp3) is 0.350. The summed E-state index contributed by atoms with van der Waals surface area (Å²) in [6.07, 6.45) is 3.25. The molecule has 0 radical (unpaired) electrons. The normalized spacial score (nSPS) is 10.3. The highest BCUT2D eigenvalue weighted by Gasteiger charge is 2.02. The molecule has 0 bridgehead atoms. The van der Waals surface area contributed by atoms with Crippen LogP contribution in [-0.4, -0.2) is 19.6 Å². The van der Waals surface area contributed by atoms with E-state index < -0.39 is 0 Å². The second kappa shape index (κ2) is 8.99. The number of aryl methyl sites for hydroxylation is 3. The van der Waals surface area contributed by atoms with E-state index >= 15 is 0 Å². The van der Waals surface area contributed by atoms with E-state index in [0.29, 0.717) is 6.42 Å². The third-order valence-corrected chi connectivity index (χ3v) is 3.85. The first-order chi connectivity index (χ1) is 11.2. The number of amides is 1. The van der Waals surface area contributed by atoms with Crippen molar-refractivity contribution in [2.75, 3.05) is 13.7 Å². The maximum atomic E-state index is 11.9. The van der Waals surface area contributed by atoms with E-state index in [1.165, 1.54) is 11.1 Å². The fourth-order valence-electron chi connectivity index (χ4n) is 2.53. The molecule has 2 aromatic rings. The van der Waals surface area contributed by atoms with Crippen LogP contribution < -0.4 is 10.1 Å². The van der Waals surface area contributed by atoms with Gasteiger partial charge in [-0.15, -0.1) is 0 Å². The van der Waals surface area contributed by atoms with Gasteiger partial charge in [-0.3, -0.25) is 4.79 Å². The van der Waals surface area contributed by atoms with Crippen molar-refractivity contribution in [2.24, 2.45) is 0 Å². The van der Waals surface area contributed by atoms with Gasteiger partial charge in [-0.1, -0.05) is 42.0 Å². The Balaban J connectivity index is 1.63. The highest BCUT2D eigenvalue weighted by atomic mass is 16.5. The smallest absolute Gasteiger partial charge is 0.220 e. The molecule has 0 unspecified atom stereocenters. The third kappa shape index (κ3) is 6.15. The van der Waals surface area contributed by atoms with Crippen LogP contribution in [0, 0.1) is 6.92 Å². The molecular weight excluding hydrogens is 286 g/mol.